The van der Waals surface area contributed by atoms with Crippen molar-refractivity contribution in [2.45, 2.75) is 38.6 Å². The molecule has 1 atom stereocenters. The Bertz CT molecular complexity index is 514. The van der Waals surface area contributed by atoms with Crippen molar-refractivity contribution < 1.29 is 8.42 Å². The molecule has 0 radical (unpaired) electrons. The lowest BCUT2D eigenvalue weighted by Crippen LogP contribution is -2.41. The Morgan fingerprint density at radius 3 is 2.25 bits per heavy atom. The fraction of sp³-hybridized carbons (Fsp3) is 0.571. The Labute approximate surface area is 130 Å². The molecule has 1 unspecified atom stereocenters. The summed E-state index contributed by atoms with van der Waals surface area (Å²) in [4.78, 5) is 0. The van der Waals surface area contributed by atoms with Crippen molar-refractivity contribution in [1.29, 1.82) is 0 Å². The Morgan fingerprint density at radius 1 is 1.20 bits per heavy atom. The second kappa shape index (κ2) is 7.54. The summed E-state index contributed by atoms with van der Waals surface area (Å²) in [6.07, 6.45) is 0. The Hall–Kier alpha value is -0.430. The molecule has 0 aliphatic rings. The number of nitrogens with one attached hydrogen (secondary N) is 1. The molecule has 4 nitrogen and oxygen atoms in total. The third-order valence-corrected chi connectivity index (χ3v) is 5.79. The van der Waals surface area contributed by atoms with Gasteiger partial charge in [-0.15, -0.1) is 0 Å². The largest absolute Gasteiger partial charge is 0.313 e. The number of halogens is 1. The van der Waals surface area contributed by atoms with E-state index in [4.69, 9.17) is 0 Å². The molecule has 1 aromatic carbocycles. The predicted molar refractivity (Wildman–Crippen MR) is 87.1 cm³/mol. The first-order chi connectivity index (χ1) is 9.23. The lowest BCUT2D eigenvalue weighted by molar-refractivity contribution is 0.450. The molecule has 0 heterocycles. The van der Waals surface area contributed by atoms with E-state index in [2.05, 4.69) is 21.2 Å². The molecular weight excluding hydrogens is 340 g/mol. The number of nitrogens with zero attached hydrogens (tertiary/aromatic N) is 1. The van der Waals surface area contributed by atoms with Crippen LogP contribution < -0.4 is 5.32 Å². The number of benzene rings is 1. The van der Waals surface area contributed by atoms with Crippen LogP contribution in [0.1, 0.15) is 26.3 Å². The number of hydrogen-bond acceptors (Lipinski definition) is 3. The number of rotatable bonds is 7. The molecule has 114 valence electrons. The molecule has 1 N–H and O–H groups in total. The van der Waals surface area contributed by atoms with Crippen molar-refractivity contribution >= 4 is 26.0 Å². The first-order valence-corrected chi connectivity index (χ1v) is 8.96. The molecule has 1 rings (SSSR count). The molecule has 6 heteroatoms. The fourth-order valence-electron chi connectivity index (χ4n) is 1.75. The van der Waals surface area contributed by atoms with Gasteiger partial charge in [0, 0.05) is 30.7 Å². The van der Waals surface area contributed by atoms with E-state index in [1.807, 2.05) is 38.1 Å². The summed E-state index contributed by atoms with van der Waals surface area (Å²) in [6, 6.07) is 7.96. The van der Waals surface area contributed by atoms with Gasteiger partial charge in [-0.1, -0.05) is 41.9 Å². The molecule has 0 aliphatic heterocycles. The van der Waals surface area contributed by atoms with Gasteiger partial charge in [-0.3, -0.25) is 0 Å². The van der Waals surface area contributed by atoms with E-state index in [0.717, 1.165) is 10.0 Å². The Kier molecular flexibility index (Phi) is 6.64. The quantitative estimate of drug-likeness (QED) is 0.810. The van der Waals surface area contributed by atoms with Gasteiger partial charge in [-0.25, -0.2) is 12.7 Å². The van der Waals surface area contributed by atoms with Crippen molar-refractivity contribution in [3.63, 3.8) is 0 Å². The van der Waals surface area contributed by atoms with Crippen LogP contribution in [-0.2, 0) is 16.6 Å². The fourth-order valence-corrected chi connectivity index (χ4v) is 3.27. The van der Waals surface area contributed by atoms with Crippen LogP contribution in [0.25, 0.3) is 0 Å². The minimum absolute atomic E-state index is 0.282. The van der Waals surface area contributed by atoms with Crippen molar-refractivity contribution in [1.82, 2.24) is 9.62 Å². The highest BCUT2D eigenvalue weighted by atomic mass is 79.9. The Balaban J connectivity index is 2.68. The summed E-state index contributed by atoms with van der Waals surface area (Å²) in [7, 11) is -1.66. The molecule has 0 spiro atoms. The topological polar surface area (TPSA) is 49.4 Å². The summed E-state index contributed by atoms with van der Waals surface area (Å²) in [5.74, 6) is 0. The summed E-state index contributed by atoms with van der Waals surface area (Å²) in [5, 5.41) is 2.73. The molecule has 0 fully saturated rings. The van der Waals surface area contributed by atoms with Crippen LogP contribution in [-0.4, -0.2) is 37.6 Å². The van der Waals surface area contributed by atoms with Gasteiger partial charge in [0.1, 0.15) is 0 Å². The lowest BCUT2D eigenvalue weighted by Gasteiger charge is -2.23. The van der Waals surface area contributed by atoms with Gasteiger partial charge < -0.3 is 5.32 Å². The van der Waals surface area contributed by atoms with Crippen molar-refractivity contribution in [3.05, 3.63) is 34.3 Å². The van der Waals surface area contributed by atoms with Crippen molar-refractivity contribution in [2.75, 3.05) is 13.6 Å². The molecule has 0 aromatic heterocycles. The molecular formula is C14H23BrN2O2S. The predicted octanol–water partition coefficient (Wildman–Crippen LogP) is 2.60. The maximum atomic E-state index is 12.4. The average molecular weight is 363 g/mol. The van der Waals surface area contributed by atoms with E-state index in [1.165, 1.54) is 4.31 Å². The van der Waals surface area contributed by atoms with Crippen LogP contribution in [0.3, 0.4) is 0 Å². The van der Waals surface area contributed by atoms with E-state index in [9.17, 15) is 8.42 Å². The molecule has 20 heavy (non-hydrogen) atoms. The summed E-state index contributed by atoms with van der Waals surface area (Å²) >= 11 is 3.37. The molecule has 0 amide bonds. The highest BCUT2D eigenvalue weighted by Crippen LogP contribution is 2.15. The minimum atomic E-state index is -3.28. The van der Waals surface area contributed by atoms with Gasteiger partial charge in [-0.2, -0.15) is 0 Å². The van der Waals surface area contributed by atoms with Gasteiger partial charge in [0.15, 0.2) is 0 Å². The van der Waals surface area contributed by atoms with Crippen LogP contribution in [0.15, 0.2) is 28.7 Å². The zero-order valence-corrected chi connectivity index (χ0v) is 14.8. The summed E-state index contributed by atoms with van der Waals surface area (Å²) in [6.45, 7) is 6.60. The van der Waals surface area contributed by atoms with Gasteiger partial charge in [0.25, 0.3) is 0 Å². The monoisotopic (exact) mass is 362 g/mol. The second-order valence-electron chi connectivity index (χ2n) is 5.30. The molecule has 0 bridgehead atoms. The second-order valence-corrected chi connectivity index (χ2v) is 8.67. The standard InChI is InChI=1S/C14H23BrN2O2S/c1-11(2)16-9-12(3)20(18,19)17(4)10-13-5-7-14(15)8-6-13/h5-8,11-12,16H,9-10H2,1-4H3. The third-order valence-electron chi connectivity index (χ3n) is 3.07. The van der Waals surface area contributed by atoms with Gasteiger partial charge in [0.05, 0.1) is 5.25 Å². The first-order valence-electron chi connectivity index (χ1n) is 6.66. The normalized spacial score (nSPS) is 13.9. The molecule has 0 saturated heterocycles. The van der Waals surface area contributed by atoms with Crippen LogP contribution in [0.4, 0.5) is 0 Å². The van der Waals surface area contributed by atoms with Gasteiger partial charge in [0.2, 0.25) is 10.0 Å². The van der Waals surface area contributed by atoms with Crippen LogP contribution in [0.5, 0.6) is 0 Å². The number of sulfonamides is 1. The van der Waals surface area contributed by atoms with Gasteiger partial charge >= 0.3 is 0 Å². The molecule has 0 saturated carbocycles. The highest BCUT2D eigenvalue weighted by Gasteiger charge is 2.25. The maximum absolute atomic E-state index is 12.4. The highest BCUT2D eigenvalue weighted by molar-refractivity contribution is 9.10. The third kappa shape index (κ3) is 5.16. The molecule has 0 aliphatic carbocycles. The summed E-state index contributed by atoms with van der Waals surface area (Å²) in [5.41, 5.74) is 0.975. The number of hydrogen-bond donors (Lipinski definition) is 1. The first kappa shape index (κ1) is 17.6. The molecule has 1 aromatic rings. The van der Waals surface area contributed by atoms with Crippen LogP contribution >= 0.6 is 15.9 Å². The van der Waals surface area contributed by atoms with E-state index in [-0.39, 0.29) is 6.04 Å². The zero-order chi connectivity index (χ0) is 15.3. The maximum Gasteiger partial charge on any atom is 0.218 e. The zero-order valence-electron chi connectivity index (χ0n) is 12.4. The SMILES string of the molecule is CC(C)NCC(C)S(=O)(=O)N(C)Cc1ccc(Br)cc1. The van der Waals surface area contributed by atoms with Gasteiger partial charge in [-0.05, 0) is 24.6 Å². The Morgan fingerprint density at radius 2 is 1.75 bits per heavy atom. The minimum Gasteiger partial charge on any atom is -0.313 e. The summed E-state index contributed by atoms with van der Waals surface area (Å²) < 4.78 is 27.2. The van der Waals surface area contributed by atoms with E-state index in [1.54, 1.807) is 14.0 Å². The lowest BCUT2D eigenvalue weighted by atomic mass is 10.2. The smallest absolute Gasteiger partial charge is 0.218 e. The van der Waals surface area contributed by atoms with E-state index < -0.39 is 15.3 Å². The van der Waals surface area contributed by atoms with Crippen molar-refractivity contribution in [3.8, 4) is 0 Å². The van der Waals surface area contributed by atoms with E-state index >= 15 is 0 Å². The average Bonchev–Trinajstić information content (AvgIpc) is 2.38. The van der Waals surface area contributed by atoms with E-state index in [0.29, 0.717) is 13.1 Å². The van der Waals surface area contributed by atoms with Crippen LogP contribution in [0, 0.1) is 0 Å². The van der Waals surface area contributed by atoms with Crippen LogP contribution in [0.2, 0.25) is 0 Å². The van der Waals surface area contributed by atoms with Crippen molar-refractivity contribution in [2.24, 2.45) is 0 Å².